The smallest absolute Gasteiger partial charge is 0.323 e. The zero-order valence-corrected chi connectivity index (χ0v) is 23.3. The monoisotopic (exact) mass is 515 g/mol. The van der Waals surface area contributed by atoms with E-state index < -0.39 is 0 Å². The van der Waals surface area contributed by atoms with Gasteiger partial charge in [-0.05, 0) is 60.9 Å². The highest BCUT2D eigenvalue weighted by atomic mass is 16.5. The Morgan fingerprint density at radius 3 is 2.24 bits per heavy atom. The van der Waals surface area contributed by atoms with E-state index in [9.17, 15) is 4.79 Å². The van der Waals surface area contributed by atoms with Crippen LogP contribution in [0.25, 0.3) is 11.3 Å². The van der Waals surface area contributed by atoms with Gasteiger partial charge in [0.2, 0.25) is 0 Å². The average molecular weight is 516 g/mol. The summed E-state index contributed by atoms with van der Waals surface area (Å²) in [5.74, 6) is 1.31. The fourth-order valence-corrected chi connectivity index (χ4v) is 4.19. The molecule has 1 heterocycles. The number of anilines is 1. The molecule has 202 valence electrons. The van der Waals surface area contributed by atoms with Gasteiger partial charge in [-0.2, -0.15) is 0 Å². The fraction of sp³-hybridized carbons (Fsp3) is 0.387. The Morgan fingerprint density at radius 1 is 1.00 bits per heavy atom. The number of aryl methyl sites for hydroxylation is 1. The Kier molecular flexibility index (Phi) is 9.88. The van der Waals surface area contributed by atoms with Gasteiger partial charge in [-0.1, -0.05) is 69.3 Å². The van der Waals surface area contributed by atoms with Gasteiger partial charge < -0.3 is 15.8 Å². The number of benzene rings is 2. The fourth-order valence-electron chi connectivity index (χ4n) is 4.19. The number of nitrogens with zero attached hydrogens (tertiary/aromatic N) is 2. The largest absolute Gasteiger partial charge is 0.490 e. The highest BCUT2D eigenvalue weighted by Crippen LogP contribution is 2.25. The zero-order valence-electron chi connectivity index (χ0n) is 23.3. The van der Waals surface area contributed by atoms with Crippen LogP contribution in [0.2, 0.25) is 0 Å². The first kappa shape index (κ1) is 28.7. The molecule has 0 radical (unpaired) electrons. The number of nitrogens with two attached hydrogens (primary N) is 1. The first-order valence-corrected chi connectivity index (χ1v) is 13.3. The van der Waals surface area contributed by atoms with Crippen molar-refractivity contribution in [1.82, 2.24) is 15.2 Å². The molecule has 0 saturated carbocycles. The lowest BCUT2D eigenvalue weighted by Gasteiger charge is -2.22. The molecule has 3 rings (SSSR count). The van der Waals surface area contributed by atoms with Gasteiger partial charge in [-0.3, -0.25) is 10.3 Å². The lowest BCUT2D eigenvalue weighted by atomic mass is 9.87. The number of nitrogen functional groups attached to an aromatic ring is 1. The molecule has 0 saturated heterocycles. The second-order valence-electron chi connectivity index (χ2n) is 10.4. The van der Waals surface area contributed by atoms with Crippen molar-refractivity contribution in [2.75, 3.05) is 18.9 Å². The zero-order chi connectivity index (χ0) is 27.7. The van der Waals surface area contributed by atoms with Crippen LogP contribution in [0.3, 0.4) is 0 Å². The molecule has 0 aliphatic carbocycles. The molecule has 0 bridgehead atoms. The molecule has 0 atom stereocenters. The highest BCUT2D eigenvalue weighted by Gasteiger charge is 2.17. The van der Waals surface area contributed by atoms with Gasteiger partial charge in [0, 0.05) is 25.1 Å². The van der Waals surface area contributed by atoms with Crippen LogP contribution >= 0.6 is 0 Å². The Labute approximate surface area is 226 Å². The van der Waals surface area contributed by atoms with Crippen molar-refractivity contribution < 1.29 is 9.53 Å². The van der Waals surface area contributed by atoms with E-state index in [1.54, 1.807) is 0 Å². The van der Waals surface area contributed by atoms with Crippen LogP contribution in [0.1, 0.15) is 64.2 Å². The number of amidine groups is 1. The molecule has 7 nitrogen and oxygen atoms in total. The molecular formula is C31H41N5O2. The van der Waals surface area contributed by atoms with E-state index in [2.05, 4.69) is 67.5 Å². The van der Waals surface area contributed by atoms with Crippen LogP contribution in [0, 0.1) is 5.41 Å². The predicted octanol–water partition coefficient (Wildman–Crippen LogP) is 6.56. The van der Waals surface area contributed by atoms with Crippen molar-refractivity contribution in [2.45, 2.75) is 65.8 Å². The third-order valence-corrected chi connectivity index (χ3v) is 6.47. The van der Waals surface area contributed by atoms with Crippen molar-refractivity contribution in [1.29, 1.82) is 5.41 Å². The number of carbonyl (C=O) groups is 1. The summed E-state index contributed by atoms with van der Waals surface area (Å²) < 4.78 is 5.46. The second-order valence-corrected chi connectivity index (χ2v) is 10.4. The minimum atomic E-state index is -0.233. The van der Waals surface area contributed by atoms with Gasteiger partial charge in [0.05, 0.1) is 12.3 Å². The van der Waals surface area contributed by atoms with Gasteiger partial charge in [0.15, 0.2) is 11.6 Å². The molecule has 0 aliphatic heterocycles. The number of nitrogens with one attached hydrogen (secondary N) is 2. The Hall–Kier alpha value is -3.87. The van der Waals surface area contributed by atoms with Crippen molar-refractivity contribution in [2.24, 2.45) is 0 Å². The summed E-state index contributed by atoms with van der Waals surface area (Å²) in [6.45, 7) is 11.8. The van der Waals surface area contributed by atoms with Crippen LogP contribution in [-0.2, 0) is 18.4 Å². The minimum absolute atomic E-state index is 0.0971. The van der Waals surface area contributed by atoms with Crippen LogP contribution in [0.15, 0.2) is 60.7 Å². The van der Waals surface area contributed by atoms with E-state index >= 15 is 0 Å². The maximum Gasteiger partial charge on any atom is 0.323 e. The Bertz CT molecular complexity index is 1210. The van der Waals surface area contributed by atoms with Gasteiger partial charge in [0.1, 0.15) is 5.84 Å². The van der Waals surface area contributed by atoms with Gasteiger partial charge in [-0.15, -0.1) is 0 Å². The number of aromatic nitrogens is 1. The second kappa shape index (κ2) is 13.1. The van der Waals surface area contributed by atoms with E-state index in [4.69, 9.17) is 15.9 Å². The first-order chi connectivity index (χ1) is 18.1. The quantitative estimate of drug-likeness (QED) is 0.210. The van der Waals surface area contributed by atoms with Crippen molar-refractivity contribution in [3.8, 4) is 17.0 Å². The van der Waals surface area contributed by atoms with E-state index in [0.29, 0.717) is 43.5 Å². The number of ether oxygens (including phenoxy) is 1. The lowest BCUT2D eigenvalue weighted by Crippen LogP contribution is -2.43. The van der Waals surface area contributed by atoms with Gasteiger partial charge in [-0.25, -0.2) is 9.78 Å². The van der Waals surface area contributed by atoms with Crippen LogP contribution < -0.4 is 15.8 Å². The van der Waals surface area contributed by atoms with Crippen molar-refractivity contribution in [3.05, 3.63) is 77.4 Å². The van der Waals surface area contributed by atoms with Crippen molar-refractivity contribution in [3.63, 3.8) is 0 Å². The molecular weight excluding hydrogens is 474 g/mol. The number of urea groups is 1. The Balaban J connectivity index is 1.48. The third-order valence-electron chi connectivity index (χ3n) is 6.47. The number of amides is 2. The topological polar surface area (TPSA) is 104 Å². The molecule has 3 aromatic rings. The number of rotatable bonds is 10. The maximum absolute atomic E-state index is 12.8. The van der Waals surface area contributed by atoms with E-state index in [1.165, 1.54) is 16.0 Å². The summed E-state index contributed by atoms with van der Waals surface area (Å²) in [6, 6.07) is 20.0. The molecule has 38 heavy (non-hydrogen) atoms. The number of hydrogen-bond donors (Lipinski definition) is 3. The molecule has 1 aromatic heterocycles. The van der Waals surface area contributed by atoms with E-state index in [0.717, 1.165) is 29.7 Å². The van der Waals surface area contributed by atoms with Gasteiger partial charge in [0.25, 0.3) is 0 Å². The van der Waals surface area contributed by atoms with Crippen LogP contribution in [0.4, 0.5) is 10.6 Å². The molecule has 4 N–H and O–H groups in total. The molecule has 7 heteroatoms. The molecule has 2 aromatic carbocycles. The predicted molar refractivity (Wildman–Crippen MR) is 156 cm³/mol. The summed E-state index contributed by atoms with van der Waals surface area (Å²) in [4.78, 5) is 18.7. The molecule has 0 spiro atoms. The summed E-state index contributed by atoms with van der Waals surface area (Å²) in [7, 11) is 0. The normalized spacial score (nSPS) is 11.2. The summed E-state index contributed by atoms with van der Waals surface area (Å²) in [5.41, 5.74) is 11.4. The van der Waals surface area contributed by atoms with E-state index in [1.807, 2.05) is 38.1 Å². The molecule has 0 aliphatic rings. The number of carbonyl (C=O) groups excluding carboxylic acids is 1. The highest BCUT2D eigenvalue weighted by molar-refractivity contribution is 5.95. The minimum Gasteiger partial charge on any atom is -0.490 e. The first-order valence-electron chi connectivity index (χ1n) is 13.3. The number of hydrogen-bond acceptors (Lipinski definition) is 5. The van der Waals surface area contributed by atoms with Crippen LogP contribution in [0.5, 0.6) is 5.75 Å². The average Bonchev–Trinajstić information content (AvgIpc) is 2.89. The standard InChI is InChI=1S/C31H41N5O2/c1-6-36(30(37)34-21-23-13-17-25(18-14-23)31(3,4)5)28(32)10-8-9-22-11-15-24(16-12-22)26-19-20-27(38-7-2)29(33)35-26/h11-20,32H,6-10,21H2,1-5H3,(H2,33,35)(H,34,37). The lowest BCUT2D eigenvalue weighted by molar-refractivity contribution is 0.221. The van der Waals surface area contributed by atoms with E-state index in [-0.39, 0.29) is 11.4 Å². The SMILES string of the molecule is CCOc1ccc(-c2ccc(CCCC(=N)N(CC)C(=O)NCc3ccc(C(C)(C)C)cc3)cc2)nc1N. The summed E-state index contributed by atoms with van der Waals surface area (Å²) in [6.07, 6.45) is 2.13. The molecule has 0 fully saturated rings. The molecule has 0 unspecified atom stereocenters. The van der Waals surface area contributed by atoms with Crippen LogP contribution in [-0.4, -0.2) is 34.9 Å². The molecule has 2 amide bonds. The summed E-state index contributed by atoms with van der Waals surface area (Å²) in [5, 5.41) is 11.4. The van der Waals surface area contributed by atoms with Crippen molar-refractivity contribution >= 4 is 17.7 Å². The number of pyridine rings is 1. The van der Waals surface area contributed by atoms with Gasteiger partial charge >= 0.3 is 6.03 Å². The third kappa shape index (κ3) is 7.81. The summed E-state index contributed by atoms with van der Waals surface area (Å²) >= 11 is 0. The Morgan fingerprint density at radius 2 is 1.66 bits per heavy atom. The maximum atomic E-state index is 12.8.